The molecule has 1 unspecified atom stereocenters. The van der Waals surface area contributed by atoms with Crippen molar-refractivity contribution in [2.45, 2.75) is 19.3 Å². The summed E-state index contributed by atoms with van der Waals surface area (Å²) in [4.78, 5) is 28.5. The van der Waals surface area contributed by atoms with Gasteiger partial charge in [-0.05, 0) is 18.2 Å². The summed E-state index contributed by atoms with van der Waals surface area (Å²) < 4.78 is 27.7. The van der Waals surface area contributed by atoms with Crippen molar-refractivity contribution in [2.75, 3.05) is 11.6 Å². The summed E-state index contributed by atoms with van der Waals surface area (Å²) in [5, 5.41) is 11.3. The van der Waals surface area contributed by atoms with Crippen molar-refractivity contribution in [3.05, 3.63) is 57.6 Å². The number of phenols is 1. The van der Waals surface area contributed by atoms with E-state index in [2.05, 4.69) is 15.9 Å². The summed E-state index contributed by atoms with van der Waals surface area (Å²) in [5.74, 6) is -4.95. The van der Waals surface area contributed by atoms with Crippen LogP contribution in [0.1, 0.15) is 30.4 Å². The second-order valence-corrected chi connectivity index (χ2v) is 6.62. The van der Waals surface area contributed by atoms with Crippen LogP contribution in [-0.2, 0) is 14.4 Å². The molecule has 0 aromatic heterocycles. The third-order valence-electron chi connectivity index (χ3n) is 4.18. The molecule has 0 amide bonds. The minimum atomic E-state index is -1.16. The SMILES string of the molecule is CCC(=O)C(=O)ON1CC(c2cc(F)c(F)cc2O)c2c(Br)cccc21. The molecule has 136 valence electrons. The quantitative estimate of drug-likeness (QED) is 0.754. The Morgan fingerprint density at radius 2 is 2.00 bits per heavy atom. The fourth-order valence-corrected chi connectivity index (χ4v) is 3.54. The summed E-state index contributed by atoms with van der Waals surface area (Å²) in [7, 11) is 0. The average molecular weight is 426 g/mol. The number of ketones is 1. The Morgan fingerprint density at radius 1 is 1.31 bits per heavy atom. The molecule has 1 aliphatic rings. The molecular formula is C18H14BrF2NO4. The number of anilines is 1. The van der Waals surface area contributed by atoms with Gasteiger partial charge in [0.1, 0.15) is 5.75 Å². The molecule has 5 nitrogen and oxygen atoms in total. The molecule has 1 N–H and O–H groups in total. The normalized spacial score (nSPS) is 15.7. The number of hydrogen-bond acceptors (Lipinski definition) is 5. The van der Waals surface area contributed by atoms with E-state index in [0.29, 0.717) is 21.8 Å². The fourth-order valence-electron chi connectivity index (χ4n) is 2.91. The molecule has 0 spiro atoms. The molecule has 1 aliphatic heterocycles. The molecule has 2 aromatic rings. The lowest BCUT2D eigenvalue weighted by Gasteiger charge is -2.18. The van der Waals surface area contributed by atoms with Crippen molar-refractivity contribution in [2.24, 2.45) is 0 Å². The number of hydroxylamine groups is 1. The maximum Gasteiger partial charge on any atom is 0.398 e. The standard InChI is InChI=1S/C18H14BrF2NO4/c1-2-15(23)18(25)26-22-8-10(17-11(19)4-3-5-14(17)22)9-6-12(20)13(21)7-16(9)24/h3-7,10,24H,2,8H2,1H3. The predicted octanol–water partition coefficient (Wildman–Crippen LogP) is 3.82. The van der Waals surface area contributed by atoms with E-state index in [9.17, 15) is 23.5 Å². The van der Waals surface area contributed by atoms with Crippen molar-refractivity contribution in [3.63, 3.8) is 0 Å². The Bertz CT molecular complexity index is 903. The highest BCUT2D eigenvalue weighted by atomic mass is 79.9. The van der Waals surface area contributed by atoms with Gasteiger partial charge in [0.15, 0.2) is 11.6 Å². The molecule has 0 fully saturated rings. The molecule has 0 radical (unpaired) electrons. The third-order valence-corrected chi connectivity index (χ3v) is 4.87. The summed E-state index contributed by atoms with van der Waals surface area (Å²) in [5.41, 5.74) is 1.27. The van der Waals surface area contributed by atoms with Gasteiger partial charge in [0.25, 0.3) is 0 Å². The van der Waals surface area contributed by atoms with Gasteiger partial charge < -0.3 is 9.94 Å². The van der Waals surface area contributed by atoms with Gasteiger partial charge >= 0.3 is 5.97 Å². The Kier molecular flexibility index (Phi) is 4.95. The monoisotopic (exact) mass is 425 g/mol. The second kappa shape index (κ2) is 7.03. The van der Waals surface area contributed by atoms with Crippen LogP contribution in [0.5, 0.6) is 5.75 Å². The molecule has 0 saturated heterocycles. The summed E-state index contributed by atoms with van der Waals surface area (Å²) in [6, 6.07) is 6.74. The number of fused-ring (bicyclic) bond motifs is 1. The van der Waals surface area contributed by atoms with Crippen LogP contribution in [0.3, 0.4) is 0 Å². The highest BCUT2D eigenvalue weighted by Gasteiger charge is 2.36. The van der Waals surface area contributed by atoms with Crippen molar-refractivity contribution in [3.8, 4) is 5.75 Å². The van der Waals surface area contributed by atoms with Crippen molar-refractivity contribution >= 4 is 33.4 Å². The van der Waals surface area contributed by atoms with Gasteiger partial charge in [0, 0.05) is 34.0 Å². The predicted molar refractivity (Wildman–Crippen MR) is 92.7 cm³/mol. The van der Waals surface area contributed by atoms with E-state index < -0.39 is 35.1 Å². The molecule has 1 atom stereocenters. The van der Waals surface area contributed by atoms with E-state index in [0.717, 1.165) is 6.07 Å². The molecule has 1 heterocycles. The maximum absolute atomic E-state index is 13.7. The van der Waals surface area contributed by atoms with E-state index in [1.165, 1.54) is 5.06 Å². The Morgan fingerprint density at radius 3 is 2.69 bits per heavy atom. The maximum atomic E-state index is 13.7. The van der Waals surface area contributed by atoms with Gasteiger partial charge in [-0.15, -0.1) is 0 Å². The number of benzene rings is 2. The Labute approximate surface area is 156 Å². The van der Waals surface area contributed by atoms with Crippen LogP contribution in [-0.4, -0.2) is 23.4 Å². The van der Waals surface area contributed by atoms with Gasteiger partial charge in [0.2, 0.25) is 5.78 Å². The largest absolute Gasteiger partial charge is 0.508 e. The lowest BCUT2D eigenvalue weighted by Crippen LogP contribution is -2.30. The molecule has 0 aliphatic carbocycles. The zero-order valence-corrected chi connectivity index (χ0v) is 15.2. The molecule has 0 saturated carbocycles. The number of aromatic hydroxyl groups is 1. The smallest absolute Gasteiger partial charge is 0.398 e. The number of rotatable bonds is 4. The Balaban J connectivity index is 2.04. The number of carbonyl (C=O) groups is 2. The topological polar surface area (TPSA) is 66.8 Å². The van der Waals surface area contributed by atoms with Gasteiger partial charge in [-0.1, -0.05) is 28.9 Å². The fraction of sp³-hybridized carbons (Fsp3) is 0.222. The zero-order valence-electron chi connectivity index (χ0n) is 13.6. The number of nitrogens with zero attached hydrogens (tertiary/aromatic N) is 1. The van der Waals surface area contributed by atoms with Crippen LogP contribution < -0.4 is 5.06 Å². The molecule has 3 rings (SSSR count). The number of phenolic OH excluding ortho intramolecular Hbond substituents is 1. The minimum Gasteiger partial charge on any atom is -0.508 e. The van der Waals surface area contributed by atoms with Crippen molar-refractivity contribution < 1.29 is 28.3 Å². The van der Waals surface area contributed by atoms with Crippen LogP contribution in [0.2, 0.25) is 0 Å². The lowest BCUT2D eigenvalue weighted by atomic mass is 9.92. The molecule has 8 heteroatoms. The number of halogens is 3. The summed E-state index contributed by atoms with van der Waals surface area (Å²) in [6.07, 6.45) is 0.00536. The van der Waals surface area contributed by atoms with E-state index in [-0.39, 0.29) is 18.5 Å². The van der Waals surface area contributed by atoms with E-state index >= 15 is 0 Å². The summed E-state index contributed by atoms with van der Waals surface area (Å²) >= 11 is 3.40. The van der Waals surface area contributed by atoms with Crippen molar-refractivity contribution in [1.29, 1.82) is 0 Å². The van der Waals surface area contributed by atoms with Crippen molar-refractivity contribution in [1.82, 2.24) is 0 Å². The van der Waals surface area contributed by atoms with Crippen LogP contribution in [0.15, 0.2) is 34.8 Å². The first-order chi connectivity index (χ1) is 12.3. The number of hydrogen-bond donors (Lipinski definition) is 1. The van der Waals surface area contributed by atoms with E-state index in [4.69, 9.17) is 4.84 Å². The lowest BCUT2D eigenvalue weighted by molar-refractivity contribution is -0.154. The average Bonchev–Trinajstić information content (AvgIpc) is 2.97. The van der Waals surface area contributed by atoms with Crippen LogP contribution in [0.4, 0.5) is 14.5 Å². The molecule has 2 aromatic carbocycles. The third kappa shape index (κ3) is 3.16. The highest BCUT2D eigenvalue weighted by Crippen LogP contribution is 2.46. The number of Topliss-reactive ketones (excluding diaryl/α,β-unsaturated/α-hetero) is 1. The first-order valence-corrected chi connectivity index (χ1v) is 8.61. The summed E-state index contributed by atoms with van der Waals surface area (Å²) in [6.45, 7) is 1.58. The van der Waals surface area contributed by atoms with Crippen LogP contribution in [0, 0.1) is 11.6 Å². The van der Waals surface area contributed by atoms with E-state index in [1.807, 2.05) is 0 Å². The van der Waals surface area contributed by atoms with Gasteiger partial charge in [0.05, 0.1) is 12.2 Å². The molecule has 26 heavy (non-hydrogen) atoms. The van der Waals surface area contributed by atoms with Gasteiger partial charge in [-0.25, -0.2) is 18.6 Å². The highest BCUT2D eigenvalue weighted by molar-refractivity contribution is 9.10. The Hall–Kier alpha value is -2.48. The van der Waals surface area contributed by atoms with E-state index in [1.54, 1.807) is 25.1 Å². The molecular weight excluding hydrogens is 412 g/mol. The molecule has 0 bridgehead atoms. The first-order valence-electron chi connectivity index (χ1n) is 7.82. The first kappa shape index (κ1) is 18.3. The second-order valence-electron chi connectivity index (χ2n) is 5.77. The van der Waals surface area contributed by atoms with Crippen LogP contribution in [0.25, 0.3) is 0 Å². The zero-order chi connectivity index (χ0) is 19.0. The van der Waals surface area contributed by atoms with Gasteiger partial charge in [-0.3, -0.25) is 4.79 Å². The minimum absolute atomic E-state index is 0.00536. The van der Waals surface area contributed by atoms with Crippen LogP contribution >= 0.6 is 15.9 Å². The number of carbonyl (C=O) groups excluding carboxylic acids is 2. The van der Waals surface area contributed by atoms with Gasteiger partial charge in [-0.2, -0.15) is 0 Å².